The van der Waals surface area contributed by atoms with Crippen LogP contribution in [0.25, 0.3) is 10.2 Å². The fourth-order valence-corrected chi connectivity index (χ4v) is 1.70. The molecule has 2 rings (SSSR count). The summed E-state index contributed by atoms with van der Waals surface area (Å²) in [4.78, 5) is 8.76. The first kappa shape index (κ1) is 6.48. The van der Waals surface area contributed by atoms with Gasteiger partial charge in [0.15, 0.2) is 0 Å². The monoisotopic (exact) mass is 166 g/mol. The molecule has 5 heteroatoms. The van der Waals surface area contributed by atoms with Crippen molar-refractivity contribution in [3.05, 3.63) is 12.0 Å². The van der Waals surface area contributed by atoms with Crippen molar-refractivity contribution in [2.45, 2.75) is 6.92 Å². The van der Waals surface area contributed by atoms with E-state index in [0.29, 0.717) is 5.82 Å². The Morgan fingerprint density at radius 2 is 2.27 bits per heavy atom. The highest BCUT2D eigenvalue weighted by Crippen LogP contribution is 2.22. The maximum absolute atomic E-state index is 5.62. The summed E-state index contributed by atoms with van der Waals surface area (Å²) in [5, 5.41) is 0.887. The van der Waals surface area contributed by atoms with Crippen LogP contribution in [0.5, 0.6) is 0 Å². The summed E-state index contributed by atoms with van der Waals surface area (Å²) in [5.41, 5.74) is 6.52. The second-order valence-electron chi connectivity index (χ2n) is 2.21. The highest BCUT2D eigenvalue weighted by Gasteiger charge is 2.05. The van der Waals surface area contributed by atoms with E-state index in [2.05, 4.69) is 14.3 Å². The van der Waals surface area contributed by atoms with Crippen molar-refractivity contribution in [3.8, 4) is 0 Å². The summed E-state index contributed by atoms with van der Waals surface area (Å²) in [6.07, 6.45) is 1.45. The van der Waals surface area contributed by atoms with Crippen LogP contribution in [0, 0.1) is 6.92 Å². The number of anilines is 1. The number of fused-ring (bicyclic) bond motifs is 1. The lowest BCUT2D eigenvalue weighted by Gasteiger charge is -1.91. The first-order chi connectivity index (χ1) is 5.29. The van der Waals surface area contributed by atoms with Gasteiger partial charge in [-0.25, -0.2) is 9.97 Å². The Kier molecular flexibility index (Phi) is 1.25. The lowest BCUT2D eigenvalue weighted by Crippen LogP contribution is -1.91. The smallest absolute Gasteiger partial charge is 0.149 e. The normalized spacial score (nSPS) is 10.6. The van der Waals surface area contributed by atoms with Crippen LogP contribution in [0.15, 0.2) is 6.33 Å². The largest absolute Gasteiger partial charge is 0.383 e. The summed E-state index contributed by atoms with van der Waals surface area (Å²) in [6, 6.07) is 0. The Bertz CT molecular complexity index is 394. The van der Waals surface area contributed by atoms with Gasteiger partial charge in [0.05, 0.1) is 11.1 Å². The number of hydrogen-bond acceptors (Lipinski definition) is 5. The third-order valence-corrected chi connectivity index (χ3v) is 2.32. The zero-order valence-electron chi connectivity index (χ0n) is 5.90. The number of nitrogens with two attached hydrogens (primary N) is 1. The van der Waals surface area contributed by atoms with Crippen molar-refractivity contribution < 1.29 is 0 Å². The van der Waals surface area contributed by atoms with E-state index in [4.69, 9.17) is 5.73 Å². The van der Waals surface area contributed by atoms with Gasteiger partial charge in [0.1, 0.15) is 17.0 Å². The van der Waals surface area contributed by atoms with Crippen LogP contribution in [0.3, 0.4) is 0 Å². The molecule has 0 saturated heterocycles. The maximum Gasteiger partial charge on any atom is 0.149 e. The van der Waals surface area contributed by atoms with Crippen LogP contribution >= 0.6 is 11.5 Å². The second kappa shape index (κ2) is 2.13. The number of rotatable bonds is 0. The van der Waals surface area contributed by atoms with Crippen molar-refractivity contribution in [1.29, 1.82) is 0 Å². The second-order valence-corrected chi connectivity index (χ2v) is 2.96. The van der Waals surface area contributed by atoms with Crippen molar-refractivity contribution in [3.63, 3.8) is 0 Å². The first-order valence-electron chi connectivity index (χ1n) is 3.11. The molecule has 0 fully saturated rings. The highest BCUT2D eigenvalue weighted by molar-refractivity contribution is 7.13. The first-order valence-corrected chi connectivity index (χ1v) is 3.89. The molecule has 11 heavy (non-hydrogen) atoms. The van der Waals surface area contributed by atoms with Crippen LogP contribution in [-0.2, 0) is 0 Å². The van der Waals surface area contributed by atoms with E-state index in [1.165, 1.54) is 17.9 Å². The van der Waals surface area contributed by atoms with Gasteiger partial charge in [0, 0.05) is 0 Å². The summed E-state index contributed by atoms with van der Waals surface area (Å²) in [5.74, 6) is 0.515. The zero-order chi connectivity index (χ0) is 7.84. The molecule has 0 unspecified atom stereocenters. The Labute approximate surface area is 67.3 Å². The topological polar surface area (TPSA) is 64.7 Å². The summed E-state index contributed by atoms with van der Waals surface area (Å²) in [7, 11) is 0. The molecule has 2 heterocycles. The van der Waals surface area contributed by atoms with E-state index in [0.717, 1.165) is 15.9 Å². The van der Waals surface area contributed by atoms with Crippen LogP contribution in [0.1, 0.15) is 5.69 Å². The van der Waals surface area contributed by atoms with E-state index < -0.39 is 0 Å². The van der Waals surface area contributed by atoms with Gasteiger partial charge in [-0.05, 0) is 18.5 Å². The molecule has 0 amide bonds. The molecule has 2 N–H and O–H groups in total. The van der Waals surface area contributed by atoms with Crippen molar-refractivity contribution in [2.24, 2.45) is 0 Å². The van der Waals surface area contributed by atoms with E-state index in [-0.39, 0.29) is 0 Å². The average Bonchev–Trinajstić information content (AvgIpc) is 2.34. The van der Waals surface area contributed by atoms with Crippen LogP contribution < -0.4 is 5.73 Å². The molecule has 0 spiro atoms. The van der Waals surface area contributed by atoms with Gasteiger partial charge in [-0.2, -0.15) is 4.37 Å². The Morgan fingerprint density at radius 1 is 1.45 bits per heavy atom. The summed E-state index contributed by atoms with van der Waals surface area (Å²) >= 11 is 1.35. The number of aromatic nitrogens is 3. The van der Waals surface area contributed by atoms with Gasteiger partial charge < -0.3 is 5.73 Å². The fraction of sp³-hybridized carbons (Fsp3) is 0.167. The molecule has 56 valence electrons. The molecule has 0 aliphatic rings. The van der Waals surface area contributed by atoms with Crippen molar-refractivity contribution in [1.82, 2.24) is 14.3 Å². The van der Waals surface area contributed by atoms with Gasteiger partial charge in [-0.3, -0.25) is 0 Å². The standard InChI is InChI=1S/C6H6N4S/c1-3-4-5(7)8-2-9-6(4)11-10-3/h2H,1H3,(H2,7,8,9). The predicted octanol–water partition coefficient (Wildman–Crippen LogP) is 0.977. The number of aryl methyl sites for hydroxylation is 1. The van der Waals surface area contributed by atoms with Crippen LogP contribution in [0.2, 0.25) is 0 Å². The van der Waals surface area contributed by atoms with Gasteiger partial charge in [-0.1, -0.05) is 0 Å². The lowest BCUT2D eigenvalue weighted by molar-refractivity contribution is 1.23. The van der Waals surface area contributed by atoms with Crippen LogP contribution in [0.4, 0.5) is 5.82 Å². The minimum Gasteiger partial charge on any atom is -0.383 e. The maximum atomic E-state index is 5.62. The molecule has 2 aromatic rings. The van der Waals surface area contributed by atoms with Crippen LogP contribution in [-0.4, -0.2) is 14.3 Å². The van der Waals surface area contributed by atoms with Crippen molar-refractivity contribution in [2.75, 3.05) is 5.73 Å². The number of nitrogens with zero attached hydrogens (tertiary/aromatic N) is 3. The SMILES string of the molecule is Cc1nsc2ncnc(N)c12. The Hall–Kier alpha value is -1.23. The molecule has 2 aromatic heterocycles. The third-order valence-electron chi connectivity index (χ3n) is 1.47. The molecule has 0 atom stereocenters. The minimum atomic E-state index is 0.515. The fourth-order valence-electron chi connectivity index (χ4n) is 0.949. The molecule has 4 nitrogen and oxygen atoms in total. The number of nitrogen functional groups attached to an aromatic ring is 1. The van der Waals surface area contributed by atoms with E-state index in [1.807, 2.05) is 6.92 Å². The van der Waals surface area contributed by atoms with Crippen molar-refractivity contribution >= 4 is 27.6 Å². The molecule has 0 aliphatic heterocycles. The summed E-state index contributed by atoms with van der Waals surface area (Å²) < 4.78 is 4.12. The molecule has 0 saturated carbocycles. The lowest BCUT2D eigenvalue weighted by atomic mass is 10.3. The highest BCUT2D eigenvalue weighted by atomic mass is 32.1. The Balaban J connectivity index is 2.96. The molecule has 0 bridgehead atoms. The third kappa shape index (κ3) is 0.848. The Morgan fingerprint density at radius 3 is 3.00 bits per heavy atom. The van der Waals surface area contributed by atoms with E-state index >= 15 is 0 Å². The quantitative estimate of drug-likeness (QED) is 0.633. The zero-order valence-corrected chi connectivity index (χ0v) is 6.72. The molecule has 0 radical (unpaired) electrons. The molecule has 0 aliphatic carbocycles. The minimum absolute atomic E-state index is 0.515. The van der Waals surface area contributed by atoms with Gasteiger partial charge >= 0.3 is 0 Å². The van der Waals surface area contributed by atoms with E-state index in [1.54, 1.807) is 0 Å². The molecular formula is C6H6N4S. The molecular weight excluding hydrogens is 160 g/mol. The van der Waals surface area contributed by atoms with Gasteiger partial charge in [0.25, 0.3) is 0 Å². The van der Waals surface area contributed by atoms with E-state index in [9.17, 15) is 0 Å². The summed E-state index contributed by atoms with van der Waals surface area (Å²) in [6.45, 7) is 1.90. The van der Waals surface area contributed by atoms with Gasteiger partial charge in [0.2, 0.25) is 0 Å². The average molecular weight is 166 g/mol. The number of hydrogen-bond donors (Lipinski definition) is 1. The van der Waals surface area contributed by atoms with Gasteiger partial charge in [-0.15, -0.1) is 0 Å². The molecule has 0 aromatic carbocycles. The predicted molar refractivity (Wildman–Crippen MR) is 44.4 cm³/mol.